The highest BCUT2D eigenvalue weighted by atomic mass is 35.5. The van der Waals surface area contributed by atoms with Gasteiger partial charge in [-0.2, -0.15) is 0 Å². The summed E-state index contributed by atoms with van der Waals surface area (Å²) in [4.78, 5) is 28.0. The average molecular weight is 387 g/mol. The molecule has 3 aromatic rings. The quantitative estimate of drug-likeness (QED) is 0.519. The van der Waals surface area contributed by atoms with Crippen LogP contribution in [0.25, 0.3) is 16.3 Å². The molecule has 0 unspecified atom stereocenters. The van der Waals surface area contributed by atoms with Gasteiger partial charge >= 0.3 is 5.97 Å². The van der Waals surface area contributed by atoms with Gasteiger partial charge in [0.2, 0.25) is 0 Å². The lowest BCUT2D eigenvalue weighted by molar-refractivity contribution is -0.142. The smallest absolute Gasteiger partial charge is 0.331 e. The number of fused-ring (bicyclic) bond motifs is 1. The molecule has 0 saturated heterocycles. The van der Waals surface area contributed by atoms with E-state index < -0.39 is 11.9 Å². The van der Waals surface area contributed by atoms with Gasteiger partial charge in [0.15, 0.2) is 6.61 Å². The lowest BCUT2D eigenvalue weighted by atomic mass is 10.2. The predicted molar refractivity (Wildman–Crippen MR) is 104 cm³/mol. The number of carbonyl (C=O) groups is 2. The number of thiazole rings is 1. The van der Waals surface area contributed by atoms with Gasteiger partial charge in [0.1, 0.15) is 5.01 Å². The summed E-state index contributed by atoms with van der Waals surface area (Å²) in [7, 11) is 0. The molecular weight excluding hydrogens is 372 g/mol. The van der Waals surface area contributed by atoms with Gasteiger partial charge in [-0.05, 0) is 42.8 Å². The first-order valence-corrected chi connectivity index (χ1v) is 8.97. The average Bonchev–Trinajstić information content (AvgIpc) is 3.04. The van der Waals surface area contributed by atoms with E-state index in [9.17, 15) is 9.59 Å². The molecule has 0 atom stereocenters. The first kappa shape index (κ1) is 18.1. The second-order valence-electron chi connectivity index (χ2n) is 5.47. The fourth-order valence-electron chi connectivity index (χ4n) is 2.15. The van der Waals surface area contributed by atoms with E-state index in [4.69, 9.17) is 16.3 Å². The zero-order chi connectivity index (χ0) is 18.5. The minimum absolute atomic E-state index is 0.380. The summed E-state index contributed by atoms with van der Waals surface area (Å²) < 4.78 is 5.97. The molecule has 0 radical (unpaired) electrons. The van der Waals surface area contributed by atoms with E-state index in [0.29, 0.717) is 15.7 Å². The van der Waals surface area contributed by atoms with Crippen molar-refractivity contribution in [2.75, 3.05) is 11.9 Å². The van der Waals surface area contributed by atoms with Crippen LogP contribution in [0, 0.1) is 6.92 Å². The fourth-order valence-corrected chi connectivity index (χ4v) is 3.20. The maximum Gasteiger partial charge on any atom is 0.331 e. The van der Waals surface area contributed by atoms with Crippen LogP contribution < -0.4 is 5.32 Å². The molecule has 2 aromatic carbocycles. The molecule has 0 fully saturated rings. The van der Waals surface area contributed by atoms with Crippen LogP contribution in [0.15, 0.2) is 48.5 Å². The zero-order valence-corrected chi connectivity index (χ0v) is 15.4. The molecule has 5 nitrogen and oxygen atoms in total. The molecule has 0 aliphatic heterocycles. The summed E-state index contributed by atoms with van der Waals surface area (Å²) in [5, 5.41) is 3.87. The van der Waals surface area contributed by atoms with E-state index in [0.717, 1.165) is 15.8 Å². The van der Waals surface area contributed by atoms with Crippen molar-refractivity contribution in [3.8, 4) is 0 Å². The van der Waals surface area contributed by atoms with Crippen molar-refractivity contribution in [3.63, 3.8) is 0 Å². The molecule has 0 bridgehead atoms. The largest absolute Gasteiger partial charge is 0.452 e. The van der Waals surface area contributed by atoms with Gasteiger partial charge in [-0.25, -0.2) is 9.78 Å². The molecule has 0 aliphatic carbocycles. The number of halogens is 1. The molecule has 7 heteroatoms. The van der Waals surface area contributed by atoms with Gasteiger partial charge in [0.25, 0.3) is 5.91 Å². The Morgan fingerprint density at radius 3 is 2.85 bits per heavy atom. The van der Waals surface area contributed by atoms with E-state index in [2.05, 4.69) is 10.3 Å². The molecule has 0 saturated carbocycles. The number of anilines is 1. The number of esters is 1. The number of hydrogen-bond acceptors (Lipinski definition) is 5. The van der Waals surface area contributed by atoms with E-state index in [-0.39, 0.29) is 6.61 Å². The summed E-state index contributed by atoms with van der Waals surface area (Å²) >= 11 is 7.47. The van der Waals surface area contributed by atoms with Crippen molar-refractivity contribution in [2.24, 2.45) is 0 Å². The Morgan fingerprint density at radius 2 is 2.08 bits per heavy atom. The molecule has 0 spiro atoms. The second-order valence-corrected chi connectivity index (χ2v) is 6.94. The van der Waals surface area contributed by atoms with Gasteiger partial charge in [-0.1, -0.05) is 29.8 Å². The van der Waals surface area contributed by atoms with Crippen LogP contribution in [-0.2, 0) is 14.3 Å². The minimum Gasteiger partial charge on any atom is -0.452 e. The van der Waals surface area contributed by atoms with Crippen molar-refractivity contribution >= 4 is 56.8 Å². The molecule has 132 valence electrons. The Morgan fingerprint density at radius 1 is 1.27 bits per heavy atom. The molecule has 1 N–H and O–H groups in total. The highest BCUT2D eigenvalue weighted by Crippen LogP contribution is 2.22. The standard InChI is InChI=1S/C19H15ClN2O3S/c1-12-6-7-13(10-14(12)20)21-17(23)11-25-19(24)9-8-18-22-15-4-2-3-5-16(15)26-18/h2-10H,11H2,1H3,(H,21,23)/b9-8+. The normalized spacial score (nSPS) is 11.0. The number of nitrogens with one attached hydrogen (secondary N) is 1. The number of amides is 1. The Labute approximate surface area is 159 Å². The summed E-state index contributed by atoms with van der Waals surface area (Å²) in [6.07, 6.45) is 2.83. The first-order valence-electron chi connectivity index (χ1n) is 7.78. The number of aromatic nitrogens is 1. The summed E-state index contributed by atoms with van der Waals surface area (Å²) in [6, 6.07) is 12.9. The topological polar surface area (TPSA) is 68.3 Å². The van der Waals surface area contributed by atoms with Crippen molar-refractivity contribution in [1.82, 2.24) is 4.98 Å². The van der Waals surface area contributed by atoms with Crippen LogP contribution >= 0.6 is 22.9 Å². The molecular formula is C19H15ClN2O3S. The van der Waals surface area contributed by atoms with Crippen LogP contribution in [0.2, 0.25) is 5.02 Å². The number of hydrogen-bond donors (Lipinski definition) is 1. The van der Waals surface area contributed by atoms with Crippen LogP contribution in [0.4, 0.5) is 5.69 Å². The first-order chi connectivity index (χ1) is 12.5. The van der Waals surface area contributed by atoms with Crippen LogP contribution in [-0.4, -0.2) is 23.5 Å². The van der Waals surface area contributed by atoms with E-state index in [1.165, 1.54) is 17.4 Å². The fraction of sp³-hybridized carbons (Fsp3) is 0.105. The lowest BCUT2D eigenvalue weighted by Gasteiger charge is -2.06. The van der Waals surface area contributed by atoms with Gasteiger partial charge in [-0.15, -0.1) is 11.3 Å². The molecule has 1 aromatic heterocycles. The number of ether oxygens (including phenoxy) is 1. The number of nitrogens with zero attached hydrogens (tertiary/aromatic N) is 1. The van der Waals surface area contributed by atoms with E-state index in [1.807, 2.05) is 31.2 Å². The Bertz CT molecular complexity index is 964. The maximum absolute atomic E-state index is 11.8. The van der Waals surface area contributed by atoms with Gasteiger partial charge in [0.05, 0.1) is 10.2 Å². The highest BCUT2D eigenvalue weighted by Gasteiger charge is 2.07. The van der Waals surface area contributed by atoms with Crippen molar-refractivity contribution < 1.29 is 14.3 Å². The predicted octanol–water partition coefficient (Wildman–Crippen LogP) is 4.45. The van der Waals surface area contributed by atoms with Crippen LogP contribution in [0.5, 0.6) is 0 Å². The number of para-hydroxylation sites is 1. The number of carbonyl (C=O) groups excluding carboxylic acids is 2. The SMILES string of the molecule is Cc1ccc(NC(=O)COC(=O)/C=C/c2nc3ccccc3s2)cc1Cl. The minimum atomic E-state index is -0.610. The molecule has 3 rings (SSSR count). The van der Waals surface area contributed by atoms with Gasteiger partial charge < -0.3 is 10.1 Å². The summed E-state index contributed by atoms with van der Waals surface area (Å²) in [5.74, 6) is -1.05. The molecule has 1 heterocycles. The van der Waals surface area contributed by atoms with E-state index in [1.54, 1.807) is 24.3 Å². The molecule has 0 aliphatic rings. The molecule has 26 heavy (non-hydrogen) atoms. The van der Waals surface area contributed by atoms with Crippen LogP contribution in [0.1, 0.15) is 10.6 Å². The summed E-state index contributed by atoms with van der Waals surface area (Å²) in [5.41, 5.74) is 2.34. The van der Waals surface area contributed by atoms with E-state index >= 15 is 0 Å². The monoisotopic (exact) mass is 386 g/mol. The zero-order valence-electron chi connectivity index (χ0n) is 13.9. The highest BCUT2D eigenvalue weighted by molar-refractivity contribution is 7.19. The third-order valence-corrected chi connectivity index (χ3v) is 4.88. The number of benzene rings is 2. The number of rotatable bonds is 5. The van der Waals surface area contributed by atoms with Gasteiger partial charge in [0, 0.05) is 16.8 Å². The molecule has 1 amide bonds. The van der Waals surface area contributed by atoms with Crippen molar-refractivity contribution in [2.45, 2.75) is 6.92 Å². The third-order valence-electron chi connectivity index (χ3n) is 3.47. The van der Waals surface area contributed by atoms with Crippen LogP contribution in [0.3, 0.4) is 0 Å². The number of aryl methyl sites for hydroxylation is 1. The van der Waals surface area contributed by atoms with Gasteiger partial charge in [-0.3, -0.25) is 4.79 Å². The summed E-state index contributed by atoms with van der Waals surface area (Å²) in [6.45, 7) is 1.49. The van der Waals surface area contributed by atoms with Crippen molar-refractivity contribution in [1.29, 1.82) is 0 Å². The Balaban J connectivity index is 1.51. The lowest BCUT2D eigenvalue weighted by Crippen LogP contribution is -2.20. The Hall–Kier alpha value is -2.70. The Kier molecular flexibility index (Phi) is 5.65. The van der Waals surface area contributed by atoms with Crippen molar-refractivity contribution in [3.05, 3.63) is 64.1 Å². The second kappa shape index (κ2) is 8.12. The maximum atomic E-state index is 11.8. The third kappa shape index (κ3) is 4.68.